The van der Waals surface area contributed by atoms with Crippen molar-refractivity contribution in [2.75, 3.05) is 19.6 Å². The van der Waals surface area contributed by atoms with Gasteiger partial charge in [-0.05, 0) is 111 Å². The molecule has 3 aromatic rings. The van der Waals surface area contributed by atoms with Crippen molar-refractivity contribution in [2.24, 2.45) is 11.1 Å². The van der Waals surface area contributed by atoms with E-state index >= 15 is 4.39 Å². The van der Waals surface area contributed by atoms with Gasteiger partial charge in [0.25, 0.3) is 11.5 Å². The average molecular weight is 686 g/mol. The highest BCUT2D eigenvalue weighted by Crippen LogP contribution is 2.45. The molecule has 1 saturated carbocycles. The van der Waals surface area contributed by atoms with Crippen molar-refractivity contribution in [1.82, 2.24) is 20.1 Å². The Morgan fingerprint density at radius 1 is 1.02 bits per heavy atom. The third-order valence-corrected chi connectivity index (χ3v) is 10.3. The Labute approximate surface area is 294 Å². The topological polar surface area (TPSA) is 130 Å². The number of nitrogens with zero attached hydrogens (tertiary/aromatic N) is 2. The van der Waals surface area contributed by atoms with Crippen LogP contribution in [0.3, 0.4) is 0 Å². The van der Waals surface area contributed by atoms with E-state index in [1.165, 1.54) is 36.3 Å². The molecule has 50 heavy (non-hydrogen) atoms. The summed E-state index contributed by atoms with van der Waals surface area (Å²) in [6.07, 6.45) is 6.72. The maximum atomic E-state index is 15.9. The van der Waals surface area contributed by atoms with E-state index < -0.39 is 41.3 Å². The lowest BCUT2D eigenvalue weighted by Crippen LogP contribution is -2.55. The number of rotatable bonds is 13. The summed E-state index contributed by atoms with van der Waals surface area (Å²) in [5.41, 5.74) is 11.5. The highest BCUT2D eigenvalue weighted by atomic mass is 19.1. The normalized spacial score (nSPS) is 17.2. The minimum absolute atomic E-state index is 0.0609. The number of aromatic nitrogens is 1. The molecule has 1 aliphatic carbocycles. The Balaban J connectivity index is 1.35. The number of nitrogens with one attached hydrogen (secondary N) is 2. The molecule has 1 aromatic heterocycles. The van der Waals surface area contributed by atoms with Crippen molar-refractivity contribution >= 4 is 11.8 Å². The van der Waals surface area contributed by atoms with Crippen LogP contribution in [0.4, 0.5) is 4.39 Å². The number of halogens is 1. The van der Waals surface area contributed by atoms with Gasteiger partial charge in [-0.2, -0.15) is 0 Å². The van der Waals surface area contributed by atoms with E-state index in [9.17, 15) is 19.5 Å². The summed E-state index contributed by atoms with van der Waals surface area (Å²) in [4.78, 5) is 43.2. The summed E-state index contributed by atoms with van der Waals surface area (Å²) in [5, 5.41) is 15.8. The fraction of sp³-hybridized carbons (Fsp3) is 0.475. The molecule has 1 aliphatic heterocycles. The van der Waals surface area contributed by atoms with Crippen LogP contribution in [0.1, 0.15) is 89.7 Å². The van der Waals surface area contributed by atoms with E-state index in [1.54, 1.807) is 38.2 Å². The van der Waals surface area contributed by atoms with Crippen molar-refractivity contribution in [1.29, 1.82) is 0 Å². The van der Waals surface area contributed by atoms with Gasteiger partial charge in [0, 0.05) is 50.4 Å². The molecule has 2 unspecified atom stereocenters. The molecular formula is C40H52FN5O4. The number of nitrogens with two attached hydrogens (primary N) is 1. The molecule has 2 fully saturated rings. The largest absolute Gasteiger partial charge is 0.513 e. The summed E-state index contributed by atoms with van der Waals surface area (Å²) in [5.74, 6) is -2.08. The summed E-state index contributed by atoms with van der Waals surface area (Å²) in [6.45, 7) is 16.3. The minimum atomic E-state index is -1.14. The molecule has 2 heterocycles. The highest BCUT2D eigenvalue weighted by Gasteiger charge is 2.44. The summed E-state index contributed by atoms with van der Waals surface area (Å²) >= 11 is 0. The number of aliphatic hydroxyl groups excluding tert-OH is 1. The van der Waals surface area contributed by atoms with Crippen LogP contribution >= 0.6 is 0 Å². The molecule has 1 spiro atoms. The van der Waals surface area contributed by atoms with Crippen molar-refractivity contribution in [3.63, 3.8) is 0 Å². The number of aliphatic hydroxyl groups is 1. The molecule has 0 bridgehead atoms. The number of hydrogen-bond donors (Lipinski definition) is 4. The molecule has 2 aromatic carbocycles. The van der Waals surface area contributed by atoms with Gasteiger partial charge in [0.05, 0.1) is 11.8 Å². The third kappa shape index (κ3) is 8.36. The van der Waals surface area contributed by atoms with Crippen LogP contribution in [0.2, 0.25) is 0 Å². The Morgan fingerprint density at radius 3 is 2.30 bits per heavy atom. The number of likely N-dealkylation sites (tertiary alicyclic amines) is 1. The van der Waals surface area contributed by atoms with E-state index in [-0.39, 0.29) is 29.7 Å². The van der Waals surface area contributed by atoms with E-state index in [0.29, 0.717) is 17.5 Å². The van der Waals surface area contributed by atoms with Gasteiger partial charge in [0.15, 0.2) is 0 Å². The molecule has 3 atom stereocenters. The van der Waals surface area contributed by atoms with Crippen LogP contribution in [0.15, 0.2) is 59.7 Å². The summed E-state index contributed by atoms with van der Waals surface area (Å²) in [6, 6.07) is 8.08. The highest BCUT2D eigenvalue weighted by molar-refractivity contribution is 5.97. The van der Waals surface area contributed by atoms with Crippen LogP contribution in [-0.4, -0.2) is 58.1 Å². The van der Waals surface area contributed by atoms with Crippen molar-refractivity contribution in [2.45, 2.75) is 97.8 Å². The van der Waals surface area contributed by atoms with Crippen LogP contribution in [0, 0.1) is 38.9 Å². The number of benzene rings is 2. The first kappa shape index (κ1) is 37.0. The number of amides is 2. The Bertz CT molecular complexity index is 1800. The first-order valence-corrected chi connectivity index (χ1v) is 17.7. The Morgan fingerprint density at radius 2 is 1.68 bits per heavy atom. The van der Waals surface area contributed by atoms with Crippen LogP contribution in [-0.2, 0) is 11.3 Å². The fourth-order valence-corrected chi connectivity index (χ4v) is 8.05. The van der Waals surface area contributed by atoms with E-state index in [4.69, 9.17) is 5.73 Å². The molecule has 5 N–H and O–H groups in total. The molecule has 2 aliphatic rings. The first-order valence-electron chi connectivity index (χ1n) is 17.7. The van der Waals surface area contributed by atoms with Crippen molar-refractivity contribution < 1.29 is 19.1 Å². The summed E-state index contributed by atoms with van der Waals surface area (Å²) in [7, 11) is 0. The fourth-order valence-electron chi connectivity index (χ4n) is 8.05. The molecule has 1 saturated heterocycles. The number of aryl methyl sites for hydroxylation is 4. The van der Waals surface area contributed by atoms with E-state index in [2.05, 4.69) is 34.2 Å². The SMILES string of the molecule is C=C(O)CC(NC(=O)[C@H](CC(C)N)NC(=O)c1cccn(CCN2CC3(CCCC3)C2)c1=O)c1cc(-c2c(C)cc(C)cc2C)cc(C)c1F. The lowest BCUT2D eigenvalue weighted by molar-refractivity contribution is -0.124. The smallest absolute Gasteiger partial charge is 0.263 e. The number of hydrogen-bond acceptors (Lipinski definition) is 6. The predicted octanol–water partition coefficient (Wildman–Crippen LogP) is 5.92. The van der Waals surface area contributed by atoms with E-state index in [1.807, 2.05) is 20.8 Å². The number of pyridine rings is 1. The lowest BCUT2D eigenvalue weighted by Gasteiger charge is -2.48. The number of carbonyl (C=O) groups is 2. The monoisotopic (exact) mass is 685 g/mol. The molecule has 2 amide bonds. The summed E-state index contributed by atoms with van der Waals surface area (Å²) < 4.78 is 17.4. The van der Waals surface area contributed by atoms with Gasteiger partial charge in [0.2, 0.25) is 5.91 Å². The molecule has 5 rings (SSSR count). The molecule has 268 valence electrons. The van der Waals surface area contributed by atoms with Gasteiger partial charge >= 0.3 is 0 Å². The molecular weight excluding hydrogens is 633 g/mol. The van der Waals surface area contributed by atoms with E-state index in [0.717, 1.165) is 47.5 Å². The van der Waals surface area contributed by atoms with Gasteiger partial charge < -0.3 is 30.9 Å². The van der Waals surface area contributed by atoms with Crippen LogP contribution < -0.4 is 21.9 Å². The second-order valence-corrected chi connectivity index (χ2v) is 14.9. The zero-order valence-electron chi connectivity index (χ0n) is 30.1. The predicted molar refractivity (Wildman–Crippen MR) is 196 cm³/mol. The maximum absolute atomic E-state index is 15.9. The zero-order chi connectivity index (χ0) is 36.3. The first-order chi connectivity index (χ1) is 23.7. The lowest BCUT2D eigenvalue weighted by atomic mass is 9.78. The van der Waals surface area contributed by atoms with Gasteiger partial charge in [-0.15, -0.1) is 0 Å². The van der Waals surface area contributed by atoms with Crippen LogP contribution in [0.25, 0.3) is 11.1 Å². The molecule has 0 radical (unpaired) electrons. The van der Waals surface area contributed by atoms with Crippen molar-refractivity contribution in [3.8, 4) is 11.1 Å². The Kier molecular flexibility index (Phi) is 11.3. The second kappa shape index (κ2) is 15.3. The second-order valence-electron chi connectivity index (χ2n) is 14.9. The van der Waals surface area contributed by atoms with Crippen LogP contribution in [0.5, 0.6) is 0 Å². The zero-order valence-corrected chi connectivity index (χ0v) is 30.1. The van der Waals surface area contributed by atoms with Gasteiger partial charge in [-0.3, -0.25) is 14.4 Å². The minimum Gasteiger partial charge on any atom is -0.513 e. The maximum Gasteiger partial charge on any atom is 0.263 e. The third-order valence-electron chi connectivity index (χ3n) is 10.3. The van der Waals surface area contributed by atoms with Gasteiger partial charge in [-0.1, -0.05) is 37.1 Å². The van der Waals surface area contributed by atoms with Crippen molar-refractivity contribution in [3.05, 3.63) is 104 Å². The standard InChI is InChI=1S/C40H52FN5O4/c1-24-16-25(2)35(26(3)17-24)30-18-27(4)36(41)32(21-30)33(20-29(6)47)43-38(49)34(19-28(5)42)44-37(48)31-10-9-13-46(39(31)50)15-14-45-22-40(23-45)11-7-8-12-40/h9-10,13,16-18,21,28,33-34,47H,6-8,11-12,14-15,19-20,22-23,42H2,1-5H3,(H,43,49)(H,44,48)/t28?,33?,34-/m0/s1. The average Bonchev–Trinajstić information content (AvgIpc) is 3.50. The van der Waals surface area contributed by atoms with Gasteiger partial charge in [-0.25, -0.2) is 4.39 Å². The quantitative estimate of drug-likeness (QED) is 0.166. The molecule has 10 heteroatoms. The van der Waals surface area contributed by atoms with Gasteiger partial charge in [0.1, 0.15) is 17.4 Å². The number of carbonyl (C=O) groups excluding carboxylic acids is 2. The Hall–Kier alpha value is -4.28. The molecule has 9 nitrogen and oxygen atoms in total.